The van der Waals surface area contributed by atoms with Crippen LogP contribution in [0.4, 0.5) is 0 Å². The van der Waals surface area contributed by atoms with Crippen LogP contribution in [0.1, 0.15) is 0 Å². The Balaban J connectivity index is 0.00000171. The Morgan fingerprint density at radius 1 is 1.06 bits per heavy atom. The Bertz CT molecular complexity index is 1120. The van der Waals surface area contributed by atoms with E-state index in [1.807, 2.05) is 0 Å². The molecule has 1 aliphatic heterocycles. The Hall–Kier alpha value is -1.27. The van der Waals surface area contributed by atoms with E-state index in [4.69, 9.17) is 18.9 Å². The van der Waals surface area contributed by atoms with Crippen LogP contribution in [0.5, 0.6) is 28.7 Å². The average Bonchev–Trinajstić information content (AvgIpc) is 3.35. The fourth-order valence-electron chi connectivity index (χ4n) is 2.88. The van der Waals surface area contributed by atoms with Crippen molar-refractivity contribution in [3.05, 3.63) is 36.5 Å². The summed E-state index contributed by atoms with van der Waals surface area (Å²) in [5.41, 5.74) is 1.13. The number of methoxy groups -OCH3 is 2. The normalized spacial score (nSPS) is 11.9. The molecule has 0 spiro atoms. The first kappa shape index (κ1) is 26.0. The summed E-state index contributed by atoms with van der Waals surface area (Å²) < 4.78 is 38.5. The van der Waals surface area contributed by atoms with Gasteiger partial charge in [0.15, 0.2) is 11.5 Å². The van der Waals surface area contributed by atoms with Gasteiger partial charge in [-0.2, -0.15) is 0 Å². The monoisotopic (exact) mass is 465 g/mol. The molecule has 1 aliphatic rings. The van der Waals surface area contributed by atoms with E-state index in [1.54, 1.807) is 18.2 Å². The standard InChI is InChI=1S/C17H16N3O8P.2Na/c1-24-11-3-4-12(14(7-11)28-29(21,22)23)13-8-18-19-20(13)10-5-15(25-2)17-16(6-10)26-9-27-17;;/h3-8H,9H2,1-2H3,(H2,21,22,23);;/q;2*+1/p-2. The molecule has 0 saturated carbocycles. The zero-order valence-electron chi connectivity index (χ0n) is 17.2. The van der Waals surface area contributed by atoms with E-state index >= 15 is 0 Å². The second kappa shape index (κ2) is 10.6. The van der Waals surface area contributed by atoms with Gasteiger partial charge in [0.2, 0.25) is 12.5 Å². The molecule has 1 aromatic heterocycles. The zero-order valence-corrected chi connectivity index (χ0v) is 22.1. The number of hydrogen-bond donors (Lipinski definition) is 0. The SMILES string of the molecule is COc1ccc(-c2cnnn2-c2cc(OC)c3c(c2)OCO3)c(OP(=O)([O-])[O-])c1.[Na+].[Na+]. The Labute approximate surface area is 221 Å². The maximum Gasteiger partial charge on any atom is 1.00 e. The Morgan fingerprint density at radius 3 is 2.52 bits per heavy atom. The number of benzene rings is 2. The summed E-state index contributed by atoms with van der Waals surface area (Å²) in [5, 5.41) is 7.94. The van der Waals surface area contributed by atoms with Crippen LogP contribution in [0.2, 0.25) is 0 Å². The molecule has 3 aromatic rings. The van der Waals surface area contributed by atoms with E-state index in [1.165, 1.54) is 37.2 Å². The number of phosphoric acid groups is 1. The van der Waals surface area contributed by atoms with Crippen molar-refractivity contribution >= 4 is 7.82 Å². The van der Waals surface area contributed by atoms with Crippen LogP contribution in [0, 0.1) is 0 Å². The molecule has 11 nitrogen and oxygen atoms in total. The fraction of sp³-hybridized carbons (Fsp3) is 0.176. The molecular weight excluding hydrogens is 451 g/mol. The largest absolute Gasteiger partial charge is 1.00 e. The molecule has 4 rings (SSSR count). The molecule has 14 heteroatoms. The molecule has 0 atom stereocenters. The van der Waals surface area contributed by atoms with Crippen molar-refractivity contribution in [1.29, 1.82) is 0 Å². The first-order valence-corrected chi connectivity index (χ1v) is 9.64. The topological polar surface area (TPSA) is 140 Å². The van der Waals surface area contributed by atoms with E-state index < -0.39 is 7.82 Å². The third kappa shape index (κ3) is 5.57. The predicted octanol–water partition coefficient (Wildman–Crippen LogP) is -5.10. The minimum Gasteiger partial charge on any atom is -0.780 e. The maximum atomic E-state index is 11.2. The number of nitrogens with zero attached hydrogens (tertiary/aromatic N) is 3. The number of ether oxygens (including phenoxy) is 4. The van der Waals surface area contributed by atoms with Crippen molar-refractivity contribution in [3.63, 3.8) is 0 Å². The number of hydrogen-bond acceptors (Lipinski definition) is 10. The number of aromatic nitrogens is 3. The van der Waals surface area contributed by atoms with Gasteiger partial charge in [0, 0.05) is 23.8 Å². The summed E-state index contributed by atoms with van der Waals surface area (Å²) in [7, 11) is -2.43. The zero-order chi connectivity index (χ0) is 20.6. The molecule has 152 valence electrons. The van der Waals surface area contributed by atoms with Gasteiger partial charge in [-0.15, -0.1) is 5.10 Å². The molecular formula is C17H14N3Na2O8P. The van der Waals surface area contributed by atoms with E-state index in [0.29, 0.717) is 34.4 Å². The molecule has 2 aromatic carbocycles. The number of rotatable bonds is 6. The van der Waals surface area contributed by atoms with Crippen LogP contribution in [0.25, 0.3) is 16.9 Å². The van der Waals surface area contributed by atoms with Crippen LogP contribution in [0.3, 0.4) is 0 Å². The van der Waals surface area contributed by atoms with Crippen LogP contribution in [-0.2, 0) is 4.57 Å². The number of fused-ring (bicyclic) bond motifs is 1. The van der Waals surface area contributed by atoms with Gasteiger partial charge >= 0.3 is 59.1 Å². The second-order valence-electron chi connectivity index (χ2n) is 5.81. The van der Waals surface area contributed by atoms with Gasteiger partial charge in [0.1, 0.15) is 19.3 Å². The summed E-state index contributed by atoms with van der Waals surface area (Å²) in [6, 6.07) is 7.72. The van der Waals surface area contributed by atoms with E-state index in [0.717, 1.165) is 0 Å². The second-order valence-corrected chi connectivity index (χ2v) is 6.89. The third-order valence-corrected chi connectivity index (χ3v) is 4.53. The van der Waals surface area contributed by atoms with Gasteiger partial charge in [0.05, 0.1) is 31.8 Å². The molecule has 0 aliphatic carbocycles. The van der Waals surface area contributed by atoms with E-state index in [-0.39, 0.29) is 77.2 Å². The minimum atomic E-state index is -5.32. The summed E-state index contributed by atoms with van der Waals surface area (Å²) in [6.45, 7) is 0.0537. The maximum absolute atomic E-state index is 11.2. The van der Waals surface area contributed by atoms with Crippen LogP contribution < -0.4 is 92.4 Å². The van der Waals surface area contributed by atoms with Gasteiger partial charge < -0.3 is 37.8 Å². The average molecular weight is 465 g/mol. The van der Waals surface area contributed by atoms with Crippen molar-refractivity contribution in [2.75, 3.05) is 21.0 Å². The summed E-state index contributed by atoms with van der Waals surface area (Å²) in [6.07, 6.45) is 1.40. The van der Waals surface area contributed by atoms with Crippen LogP contribution in [-0.4, -0.2) is 36.0 Å². The first-order chi connectivity index (χ1) is 13.9. The van der Waals surface area contributed by atoms with Crippen molar-refractivity contribution in [1.82, 2.24) is 15.0 Å². The summed E-state index contributed by atoms with van der Waals surface area (Å²) in [4.78, 5) is 22.4. The molecule has 0 saturated heterocycles. The van der Waals surface area contributed by atoms with Gasteiger partial charge in [-0.3, -0.25) is 0 Å². The molecule has 0 radical (unpaired) electrons. The quantitative estimate of drug-likeness (QED) is 0.257. The predicted molar refractivity (Wildman–Crippen MR) is 94.3 cm³/mol. The van der Waals surface area contributed by atoms with Crippen molar-refractivity contribution < 1.29 is 96.9 Å². The Kier molecular flexibility index (Phi) is 8.86. The molecule has 31 heavy (non-hydrogen) atoms. The minimum absolute atomic E-state index is 0. The fourth-order valence-corrected chi connectivity index (χ4v) is 3.28. The van der Waals surface area contributed by atoms with E-state index in [2.05, 4.69) is 14.8 Å². The van der Waals surface area contributed by atoms with Crippen molar-refractivity contribution in [3.8, 4) is 45.7 Å². The summed E-state index contributed by atoms with van der Waals surface area (Å²) in [5.74, 6) is 1.43. The summed E-state index contributed by atoms with van der Waals surface area (Å²) >= 11 is 0. The van der Waals surface area contributed by atoms with Crippen LogP contribution in [0.15, 0.2) is 36.5 Å². The van der Waals surface area contributed by atoms with Crippen molar-refractivity contribution in [2.45, 2.75) is 0 Å². The molecule has 0 N–H and O–H groups in total. The van der Waals surface area contributed by atoms with Crippen LogP contribution >= 0.6 is 7.82 Å². The third-order valence-electron chi connectivity index (χ3n) is 4.11. The molecule has 0 bridgehead atoms. The van der Waals surface area contributed by atoms with Gasteiger partial charge in [-0.05, 0) is 12.1 Å². The Morgan fingerprint density at radius 2 is 1.84 bits per heavy atom. The molecule has 0 fully saturated rings. The van der Waals surface area contributed by atoms with E-state index in [9.17, 15) is 14.4 Å². The smallest absolute Gasteiger partial charge is 0.780 e. The number of phosphoric ester groups is 1. The van der Waals surface area contributed by atoms with Gasteiger partial charge in [-0.25, -0.2) is 4.68 Å². The molecule has 2 heterocycles. The van der Waals surface area contributed by atoms with Gasteiger partial charge in [0.25, 0.3) is 0 Å². The van der Waals surface area contributed by atoms with Gasteiger partial charge in [-0.1, -0.05) is 5.21 Å². The van der Waals surface area contributed by atoms with Crippen molar-refractivity contribution in [2.24, 2.45) is 0 Å². The molecule has 0 unspecified atom stereocenters. The molecule has 0 amide bonds. The first-order valence-electron chi connectivity index (χ1n) is 8.18.